The van der Waals surface area contributed by atoms with Gasteiger partial charge in [-0.2, -0.15) is 21.6 Å². The molecule has 1 fully saturated rings. The summed E-state index contributed by atoms with van der Waals surface area (Å²) in [6, 6.07) is 9.66. The Balaban J connectivity index is 1.87. The molecule has 3 rings (SSSR count). The Morgan fingerprint density at radius 2 is 1.83 bits per heavy atom. The largest absolute Gasteiger partial charge is 0.416 e. The molecule has 10 heteroatoms. The molecule has 0 bridgehead atoms. The Labute approximate surface area is 204 Å². The van der Waals surface area contributed by atoms with Gasteiger partial charge in [0.25, 0.3) is 0 Å². The average molecular weight is 514 g/mol. The molecule has 35 heavy (non-hydrogen) atoms. The van der Waals surface area contributed by atoms with E-state index in [1.54, 1.807) is 23.1 Å². The number of benzene rings is 2. The van der Waals surface area contributed by atoms with E-state index in [1.807, 2.05) is 20.8 Å². The predicted octanol–water partition coefficient (Wildman–Crippen LogP) is 5.42. The molecule has 1 saturated heterocycles. The molecule has 6 nitrogen and oxygen atoms in total. The highest BCUT2D eigenvalue weighted by atomic mass is 32.2. The number of hydrogen-bond donors (Lipinski definition) is 0. The summed E-state index contributed by atoms with van der Waals surface area (Å²) in [5, 5.41) is 0. The Morgan fingerprint density at radius 3 is 2.46 bits per heavy atom. The van der Waals surface area contributed by atoms with Crippen LogP contribution in [0.4, 0.5) is 13.2 Å². The second-order valence-electron chi connectivity index (χ2n) is 9.82. The number of ether oxygens (including phenoxy) is 1. The van der Waals surface area contributed by atoms with Gasteiger partial charge in [-0.25, -0.2) is 0 Å². The zero-order valence-corrected chi connectivity index (χ0v) is 20.8. The molecule has 0 aromatic heterocycles. The average Bonchev–Trinajstić information content (AvgIpc) is 3.26. The molecule has 1 atom stereocenters. The van der Waals surface area contributed by atoms with Crippen molar-refractivity contribution in [3.63, 3.8) is 0 Å². The molecule has 0 saturated carbocycles. The molecule has 1 heterocycles. The van der Waals surface area contributed by atoms with Crippen molar-refractivity contribution in [1.82, 2.24) is 4.90 Å². The van der Waals surface area contributed by atoms with Crippen molar-refractivity contribution in [2.24, 2.45) is 5.41 Å². The van der Waals surface area contributed by atoms with Crippen LogP contribution in [0, 0.1) is 5.41 Å². The van der Waals surface area contributed by atoms with Gasteiger partial charge < -0.3 is 13.8 Å². The molecule has 1 aliphatic heterocycles. The van der Waals surface area contributed by atoms with E-state index in [9.17, 15) is 26.4 Å². The SMILES string of the molecule is CC(C)(C)CC(=O)N(Cc1ccccc1OS(=O)(=O)c1cccc(C(F)(F)F)c1)C[C@@H]1CCCO1. The third-order valence-electron chi connectivity index (χ3n) is 5.47. The lowest BCUT2D eigenvalue weighted by Crippen LogP contribution is -2.38. The van der Waals surface area contributed by atoms with Crippen LogP contribution in [0.1, 0.15) is 51.2 Å². The Kier molecular flexibility index (Phi) is 8.16. The van der Waals surface area contributed by atoms with Gasteiger partial charge in [0, 0.05) is 31.7 Å². The highest BCUT2D eigenvalue weighted by Gasteiger charge is 2.32. The summed E-state index contributed by atoms with van der Waals surface area (Å²) in [5.74, 6) is -0.158. The molecule has 1 aliphatic rings. The first-order valence-electron chi connectivity index (χ1n) is 11.3. The number of carbonyl (C=O) groups is 1. The van der Waals surface area contributed by atoms with Crippen LogP contribution in [0.25, 0.3) is 0 Å². The standard InChI is InChI=1S/C25H30F3NO5S/c1-24(2,3)15-23(30)29(17-20-10-7-13-33-20)16-18-8-4-5-12-22(18)34-35(31,32)21-11-6-9-19(14-21)25(26,27)28/h4-6,8-9,11-12,14,20H,7,10,13,15-17H2,1-3H3/t20-/m0/s1. The summed E-state index contributed by atoms with van der Waals surface area (Å²) >= 11 is 0. The van der Waals surface area contributed by atoms with Crippen molar-refractivity contribution < 1.29 is 35.3 Å². The van der Waals surface area contributed by atoms with Crippen LogP contribution in [0.2, 0.25) is 0 Å². The molecule has 2 aromatic rings. The van der Waals surface area contributed by atoms with E-state index < -0.39 is 26.8 Å². The monoisotopic (exact) mass is 513 g/mol. The fraction of sp³-hybridized carbons (Fsp3) is 0.480. The summed E-state index contributed by atoms with van der Waals surface area (Å²) in [6.07, 6.45) is -2.80. The highest BCUT2D eigenvalue weighted by Crippen LogP contribution is 2.32. The number of carbonyl (C=O) groups excluding carboxylic acids is 1. The van der Waals surface area contributed by atoms with Crippen LogP contribution in [0.3, 0.4) is 0 Å². The van der Waals surface area contributed by atoms with Crippen molar-refractivity contribution in [3.8, 4) is 5.75 Å². The number of amides is 1. The van der Waals surface area contributed by atoms with Gasteiger partial charge in [-0.05, 0) is 42.5 Å². The van der Waals surface area contributed by atoms with E-state index in [0.717, 1.165) is 31.0 Å². The molecule has 0 aliphatic carbocycles. The zero-order valence-electron chi connectivity index (χ0n) is 20.0. The normalized spacial score (nSPS) is 16.8. The van der Waals surface area contributed by atoms with E-state index in [0.29, 0.717) is 24.8 Å². The summed E-state index contributed by atoms with van der Waals surface area (Å²) in [4.78, 5) is 14.1. The van der Waals surface area contributed by atoms with Crippen molar-refractivity contribution in [2.75, 3.05) is 13.2 Å². The van der Waals surface area contributed by atoms with Gasteiger partial charge in [0.1, 0.15) is 10.6 Å². The fourth-order valence-corrected chi connectivity index (χ4v) is 4.78. The van der Waals surface area contributed by atoms with Crippen LogP contribution in [-0.4, -0.2) is 38.5 Å². The minimum atomic E-state index is -4.69. The van der Waals surface area contributed by atoms with Crippen molar-refractivity contribution >= 4 is 16.0 Å². The van der Waals surface area contributed by atoms with E-state index in [-0.39, 0.29) is 36.1 Å². The number of hydrogen-bond acceptors (Lipinski definition) is 5. The number of rotatable bonds is 8. The molecular formula is C25H30F3NO5S. The van der Waals surface area contributed by atoms with Gasteiger partial charge in [0.2, 0.25) is 5.91 Å². The first-order valence-corrected chi connectivity index (χ1v) is 12.7. The Morgan fingerprint density at radius 1 is 1.11 bits per heavy atom. The third-order valence-corrected chi connectivity index (χ3v) is 6.70. The zero-order chi connectivity index (χ0) is 25.9. The first-order chi connectivity index (χ1) is 16.2. The van der Waals surface area contributed by atoms with Gasteiger partial charge in [-0.3, -0.25) is 4.79 Å². The number of halogens is 3. The Hall–Kier alpha value is -2.59. The highest BCUT2D eigenvalue weighted by molar-refractivity contribution is 7.87. The van der Waals surface area contributed by atoms with Crippen molar-refractivity contribution in [2.45, 2.75) is 63.8 Å². The van der Waals surface area contributed by atoms with E-state index >= 15 is 0 Å². The van der Waals surface area contributed by atoms with Crippen LogP contribution < -0.4 is 4.18 Å². The lowest BCUT2D eigenvalue weighted by Gasteiger charge is -2.29. The second kappa shape index (κ2) is 10.6. The number of nitrogens with zero attached hydrogens (tertiary/aromatic N) is 1. The minimum absolute atomic E-state index is 0.0502. The van der Waals surface area contributed by atoms with Gasteiger partial charge >= 0.3 is 16.3 Å². The number of para-hydroxylation sites is 1. The first kappa shape index (κ1) is 27.0. The summed E-state index contributed by atoms with van der Waals surface area (Å²) in [6.45, 7) is 6.91. The topological polar surface area (TPSA) is 72.9 Å². The van der Waals surface area contributed by atoms with Gasteiger partial charge in [0.05, 0.1) is 11.7 Å². The minimum Gasteiger partial charge on any atom is -0.379 e. The molecule has 2 aromatic carbocycles. The maximum atomic E-state index is 13.1. The Bertz CT molecular complexity index is 1140. The summed E-state index contributed by atoms with van der Waals surface area (Å²) < 4.78 is 75.8. The lowest BCUT2D eigenvalue weighted by molar-refractivity contribution is -0.138. The molecule has 0 spiro atoms. The lowest BCUT2D eigenvalue weighted by atomic mass is 9.91. The molecule has 1 amide bonds. The summed E-state index contributed by atoms with van der Waals surface area (Å²) in [7, 11) is -4.55. The quantitative estimate of drug-likeness (QED) is 0.441. The van der Waals surface area contributed by atoms with Crippen molar-refractivity contribution in [3.05, 3.63) is 59.7 Å². The molecular weight excluding hydrogens is 483 g/mol. The molecule has 0 radical (unpaired) electrons. The predicted molar refractivity (Wildman–Crippen MR) is 124 cm³/mol. The molecule has 192 valence electrons. The summed E-state index contributed by atoms with van der Waals surface area (Å²) in [5.41, 5.74) is -0.927. The maximum Gasteiger partial charge on any atom is 0.416 e. The van der Waals surface area contributed by atoms with Gasteiger partial charge in [0.15, 0.2) is 0 Å². The van der Waals surface area contributed by atoms with E-state index in [2.05, 4.69) is 0 Å². The molecule has 0 N–H and O–H groups in total. The smallest absolute Gasteiger partial charge is 0.379 e. The molecule has 0 unspecified atom stereocenters. The van der Waals surface area contributed by atoms with Gasteiger partial charge in [-0.1, -0.05) is 45.0 Å². The van der Waals surface area contributed by atoms with Crippen LogP contribution >= 0.6 is 0 Å². The second-order valence-corrected chi connectivity index (χ2v) is 11.4. The van der Waals surface area contributed by atoms with Crippen molar-refractivity contribution in [1.29, 1.82) is 0 Å². The number of alkyl halides is 3. The maximum absolute atomic E-state index is 13.1. The van der Waals surface area contributed by atoms with Gasteiger partial charge in [-0.15, -0.1) is 0 Å². The fourth-order valence-electron chi connectivity index (χ4n) is 3.77. The third kappa shape index (κ3) is 7.70. The van der Waals surface area contributed by atoms with Crippen LogP contribution in [-0.2, 0) is 32.4 Å². The van der Waals surface area contributed by atoms with Crippen LogP contribution in [0.15, 0.2) is 53.4 Å². The van der Waals surface area contributed by atoms with E-state index in [4.69, 9.17) is 8.92 Å². The van der Waals surface area contributed by atoms with E-state index in [1.165, 1.54) is 6.07 Å². The van der Waals surface area contributed by atoms with Crippen LogP contribution in [0.5, 0.6) is 5.75 Å².